The molecule has 1 aliphatic carbocycles. The second kappa shape index (κ2) is 4.42. The standard InChI is InChI=1S/C11H11BrCl2/c12-10-4-2-1-3-8-9(10)5-7(13)6-11(8)14/h5-6,10H,1-4H2. The molecule has 1 aromatic rings. The summed E-state index contributed by atoms with van der Waals surface area (Å²) in [6.45, 7) is 0. The Morgan fingerprint density at radius 2 is 2.00 bits per heavy atom. The molecule has 14 heavy (non-hydrogen) atoms. The van der Waals surface area contributed by atoms with Gasteiger partial charge in [-0.3, -0.25) is 0 Å². The number of halogens is 3. The summed E-state index contributed by atoms with van der Waals surface area (Å²) in [4.78, 5) is 0.413. The zero-order valence-electron chi connectivity index (χ0n) is 7.69. The van der Waals surface area contributed by atoms with Gasteiger partial charge in [0.2, 0.25) is 0 Å². The number of hydrogen-bond donors (Lipinski definition) is 0. The molecule has 0 bridgehead atoms. The summed E-state index contributed by atoms with van der Waals surface area (Å²) in [5, 5.41) is 1.55. The summed E-state index contributed by atoms with van der Waals surface area (Å²) in [6.07, 6.45) is 4.71. The molecule has 1 unspecified atom stereocenters. The lowest BCUT2D eigenvalue weighted by Crippen LogP contribution is -1.94. The van der Waals surface area contributed by atoms with Crippen LogP contribution in [-0.2, 0) is 6.42 Å². The Morgan fingerprint density at radius 3 is 2.79 bits per heavy atom. The highest BCUT2D eigenvalue weighted by molar-refractivity contribution is 9.09. The maximum absolute atomic E-state index is 6.18. The van der Waals surface area contributed by atoms with Crippen molar-refractivity contribution in [3.05, 3.63) is 33.3 Å². The minimum absolute atomic E-state index is 0.413. The van der Waals surface area contributed by atoms with E-state index in [1.165, 1.54) is 30.4 Å². The van der Waals surface area contributed by atoms with E-state index in [4.69, 9.17) is 23.2 Å². The molecule has 0 saturated heterocycles. The second-order valence-corrected chi connectivity index (χ2v) is 5.62. The minimum Gasteiger partial charge on any atom is -0.0843 e. The quantitative estimate of drug-likeness (QED) is 0.458. The van der Waals surface area contributed by atoms with Crippen LogP contribution in [0.2, 0.25) is 10.0 Å². The molecule has 0 fully saturated rings. The molecule has 1 atom stereocenters. The van der Waals surface area contributed by atoms with Gasteiger partial charge in [-0.2, -0.15) is 0 Å². The van der Waals surface area contributed by atoms with Crippen LogP contribution >= 0.6 is 39.1 Å². The van der Waals surface area contributed by atoms with Gasteiger partial charge in [-0.05, 0) is 42.5 Å². The highest BCUT2D eigenvalue weighted by atomic mass is 79.9. The molecule has 2 rings (SSSR count). The maximum atomic E-state index is 6.18. The van der Waals surface area contributed by atoms with Crippen molar-refractivity contribution in [2.75, 3.05) is 0 Å². The molecule has 0 aromatic heterocycles. The van der Waals surface area contributed by atoms with E-state index in [0.29, 0.717) is 4.83 Å². The summed E-state index contributed by atoms with van der Waals surface area (Å²) in [5.41, 5.74) is 2.55. The smallest absolute Gasteiger partial charge is 0.0455 e. The zero-order chi connectivity index (χ0) is 10.1. The zero-order valence-corrected chi connectivity index (χ0v) is 10.8. The van der Waals surface area contributed by atoms with Gasteiger partial charge in [0, 0.05) is 14.9 Å². The predicted molar refractivity (Wildman–Crippen MR) is 65.7 cm³/mol. The molecule has 0 spiro atoms. The van der Waals surface area contributed by atoms with Crippen molar-refractivity contribution in [1.29, 1.82) is 0 Å². The first-order valence-electron chi connectivity index (χ1n) is 4.80. The van der Waals surface area contributed by atoms with Gasteiger partial charge in [0.1, 0.15) is 0 Å². The third-order valence-electron chi connectivity index (χ3n) is 2.67. The van der Waals surface area contributed by atoms with Crippen molar-refractivity contribution >= 4 is 39.1 Å². The minimum atomic E-state index is 0.413. The van der Waals surface area contributed by atoms with E-state index in [-0.39, 0.29) is 0 Å². The van der Waals surface area contributed by atoms with Crippen LogP contribution in [0.15, 0.2) is 12.1 Å². The molecule has 0 radical (unpaired) electrons. The van der Waals surface area contributed by atoms with Gasteiger partial charge in [-0.1, -0.05) is 45.6 Å². The van der Waals surface area contributed by atoms with E-state index in [1.807, 2.05) is 12.1 Å². The number of fused-ring (bicyclic) bond motifs is 1. The van der Waals surface area contributed by atoms with Gasteiger partial charge in [0.15, 0.2) is 0 Å². The Kier molecular flexibility index (Phi) is 3.41. The predicted octanol–water partition coefficient (Wildman–Crippen LogP) is 5.16. The van der Waals surface area contributed by atoms with E-state index in [9.17, 15) is 0 Å². The first-order chi connectivity index (χ1) is 6.68. The van der Waals surface area contributed by atoms with Gasteiger partial charge < -0.3 is 0 Å². The van der Waals surface area contributed by atoms with Crippen molar-refractivity contribution in [2.24, 2.45) is 0 Å². The second-order valence-electron chi connectivity index (χ2n) is 3.67. The van der Waals surface area contributed by atoms with E-state index >= 15 is 0 Å². The molecule has 1 aliphatic rings. The van der Waals surface area contributed by atoms with Crippen molar-refractivity contribution < 1.29 is 0 Å². The molecular weight excluding hydrogens is 283 g/mol. The average Bonchev–Trinajstić information content (AvgIpc) is 2.29. The van der Waals surface area contributed by atoms with Crippen LogP contribution in [0.3, 0.4) is 0 Å². The largest absolute Gasteiger partial charge is 0.0843 e. The maximum Gasteiger partial charge on any atom is 0.0455 e. The van der Waals surface area contributed by atoms with Gasteiger partial charge >= 0.3 is 0 Å². The molecule has 0 amide bonds. The van der Waals surface area contributed by atoms with Crippen molar-refractivity contribution in [2.45, 2.75) is 30.5 Å². The Morgan fingerprint density at radius 1 is 1.21 bits per heavy atom. The van der Waals surface area contributed by atoms with E-state index < -0.39 is 0 Å². The molecule has 0 N–H and O–H groups in total. The van der Waals surface area contributed by atoms with Crippen molar-refractivity contribution in [1.82, 2.24) is 0 Å². The first-order valence-corrected chi connectivity index (χ1v) is 6.47. The average molecular weight is 294 g/mol. The van der Waals surface area contributed by atoms with Crippen molar-refractivity contribution in [3.8, 4) is 0 Å². The van der Waals surface area contributed by atoms with E-state index in [1.54, 1.807) is 0 Å². The van der Waals surface area contributed by atoms with Crippen LogP contribution in [0.1, 0.15) is 35.2 Å². The van der Waals surface area contributed by atoms with Crippen LogP contribution < -0.4 is 0 Å². The fourth-order valence-corrected chi connectivity index (χ4v) is 3.28. The Balaban J connectivity index is 2.53. The summed E-state index contributed by atoms with van der Waals surface area (Å²) in [6, 6.07) is 3.88. The third kappa shape index (κ3) is 2.10. The Bertz CT molecular complexity index is 349. The molecule has 1 aromatic carbocycles. The molecule has 0 saturated carbocycles. The Hall–Kier alpha value is 0.280. The lowest BCUT2D eigenvalue weighted by molar-refractivity contribution is 0.708. The molecular formula is C11H11BrCl2. The Labute approximate surface area is 103 Å². The lowest BCUT2D eigenvalue weighted by atomic mass is 10.0. The lowest BCUT2D eigenvalue weighted by Gasteiger charge is -2.12. The van der Waals surface area contributed by atoms with Gasteiger partial charge in [0.25, 0.3) is 0 Å². The van der Waals surface area contributed by atoms with Crippen LogP contribution in [-0.4, -0.2) is 0 Å². The molecule has 0 aliphatic heterocycles. The van der Waals surface area contributed by atoms with Crippen LogP contribution in [0.25, 0.3) is 0 Å². The molecule has 76 valence electrons. The summed E-state index contributed by atoms with van der Waals surface area (Å²) < 4.78 is 0. The van der Waals surface area contributed by atoms with E-state index in [2.05, 4.69) is 15.9 Å². The fraction of sp³-hybridized carbons (Fsp3) is 0.455. The van der Waals surface area contributed by atoms with Crippen LogP contribution in [0.5, 0.6) is 0 Å². The van der Waals surface area contributed by atoms with Gasteiger partial charge in [0.05, 0.1) is 0 Å². The summed E-state index contributed by atoms with van der Waals surface area (Å²) >= 11 is 15.9. The molecule has 3 heteroatoms. The fourth-order valence-electron chi connectivity index (χ4n) is 1.95. The van der Waals surface area contributed by atoms with Crippen LogP contribution in [0.4, 0.5) is 0 Å². The highest BCUT2D eigenvalue weighted by Gasteiger charge is 2.18. The van der Waals surface area contributed by atoms with Gasteiger partial charge in [-0.25, -0.2) is 0 Å². The number of rotatable bonds is 0. The molecule has 0 heterocycles. The topological polar surface area (TPSA) is 0 Å². The number of benzene rings is 1. The van der Waals surface area contributed by atoms with Crippen LogP contribution in [0, 0.1) is 0 Å². The van der Waals surface area contributed by atoms with E-state index in [0.717, 1.165) is 16.5 Å². The monoisotopic (exact) mass is 292 g/mol. The van der Waals surface area contributed by atoms with Gasteiger partial charge in [-0.15, -0.1) is 0 Å². The summed E-state index contributed by atoms with van der Waals surface area (Å²) in [7, 11) is 0. The number of alkyl halides is 1. The highest BCUT2D eigenvalue weighted by Crippen LogP contribution is 2.39. The SMILES string of the molecule is Clc1cc(Cl)c2c(c1)C(Br)CCCC2. The van der Waals surface area contributed by atoms with Crippen molar-refractivity contribution in [3.63, 3.8) is 0 Å². The normalized spacial score (nSPS) is 21.5. The summed E-state index contributed by atoms with van der Waals surface area (Å²) in [5.74, 6) is 0. The first kappa shape index (κ1) is 10.8. The molecule has 0 nitrogen and oxygen atoms in total. The third-order valence-corrected chi connectivity index (χ3v) is 4.17. The number of hydrogen-bond acceptors (Lipinski definition) is 0.